The van der Waals surface area contributed by atoms with Crippen molar-refractivity contribution in [3.8, 4) is 11.3 Å². The molecule has 0 radical (unpaired) electrons. The third-order valence-electron chi connectivity index (χ3n) is 4.12. The number of halogens is 1. The van der Waals surface area contributed by atoms with Crippen molar-refractivity contribution in [3.05, 3.63) is 41.1 Å². The Bertz CT molecular complexity index is 773. The van der Waals surface area contributed by atoms with Crippen LogP contribution in [0.25, 0.3) is 11.3 Å². The third-order valence-corrected chi connectivity index (χ3v) is 4.35. The van der Waals surface area contributed by atoms with Crippen LogP contribution in [0.15, 0.2) is 34.9 Å². The second kappa shape index (κ2) is 5.70. The summed E-state index contributed by atoms with van der Waals surface area (Å²) in [7, 11) is 0. The summed E-state index contributed by atoms with van der Waals surface area (Å²) in [6.07, 6.45) is 0.420. The number of nitrogens with zero attached hydrogens (tertiary/aromatic N) is 2. The van der Waals surface area contributed by atoms with Crippen molar-refractivity contribution in [1.82, 2.24) is 10.1 Å². The molecular formula is C16H15ClN2O4. The van der Waals surface area contributed by atoms with Gasteiger partial charge < -0.3 is 14.5 Å². The minimum atomic E-state index is -0.911. The van der Waals surface area contributed by atoms with Gasteiger partial charge in [-0.3, -0.25) is 9.59 Å². The molecule has 0 spiro atoms. The molecule has 0 aliphatic carbocycles. The first-order valence-electron chi connectivity index (χ1n) is 7.14. The fourth-order valence-electron chi connectivity index (χ4n) is 2.62. The molecule has 0 unspecified atom stereocenters. The highest BCUT2D eigenvalue weighted by Crippen LogP contribution is 2.31. The third kappa shape index (κ3) is 2.94. The van der Waals surface area contributed by atoms with Gasteiger partial charge >= 0.3 is 5.97 Å². The zero-order valence-corrected chi connectivity index (χ0v) is 13.2. The van der Waals surface area contributed by atoms with Gasteiger partial charge in [0.2, 0.25) is 5.76 Å². The molecule has 1 atom stereocenters. The van der Waals surface area contributed by atoms with Crippen molar-refractivity contribution in [3.63, 3.8) is 0 Å². The van der Waals surface area contributed by atoms with Gasteiger partial charge in [-0.05, 0) is 25.5 Å². The Kier molecular flexibility index (Phi) is 3.85. The van der Waals surface area contributed by atoms with Crippen molar-refractivity contribution < 1.29 is 19.2 Å². The lowest BCUT2D eigenvalue weighted by Gasteiger charge is -2.19. The molecule has 1 aliphatic heterocycles. The van der Waals surface area contributed by atoms with Crippen LogP contribution in [0.1, 0.15) is 23.9 Å². The Labute approximate surface area is 137 Å². The van der Waals surface area contributed by atoms with Crippen LogP contribution in [0.4, 0.5) is 0 Å². The zero-order chi connectivity index (χ0) is 16.6. The van der Waals surface area contributed by atoms with Crippen molar-refractivity contribution in [2.45, 2.75) is 13.3 Å². The molecule has 0 saturated carbocycles. The number of hydrogen-bond donors (Lipinski definition) is 1. The highest BCUT2D eigenvalue weighted by molar-refractivity contribution is 6.30. The smallest absolute Gasteiger partial charge is 0.311 e. The molecule has 6 nitrogen and oxygen atoms in total. The molecule has 120 valence electrons. The monoisotopic (exact) mass is 334 g/mol. The van der Waals surface area contributed by atoms with Gasteiger partial charge in [-0.25, -0.2) is 0 Å². The number of carboxylic acid groups (broad SMARTS) is 1. The molecule has 1 fully saturated rings. The molecular weight excluding hydrogens is 320 g/mol. The van der Waals surface area contributed by atoms with E-state index >= 15 is 0 Å². The minimum absolute atomic E-state index is 0.0922. The minimum Gasteiger partial charge on any atom is -0.481 e. The number of hydrogen-bond acceptors (Lipinski definition) is 4. The summed E-state index contributed by atoms with van der Waals surface area (Å²) in [5.41, 5.74) is 0.346. The van der Waals surface area contributed by atoms with E-state index in [-0.39, 0.29) is 18.2 Å². The van der Waals surface area contributed by atoms with Gasteiger partial charge in [-0.1, -0.05) is 28.9 Å². The van der Waals surface area contributed by atoms with Gasteiger partial charge in [0, 0.05) is 29.7 Å². The highest BCUT2D eigenvalue weighted by atomic mass is 35.5. The second-order valence-electron chi connectivity index (χ2n) is 5.93. The van der Waals surface area contributed by atoms with Gasteiger partial charge in [-0.15, -0.1) is 0 Å². The highest BCUT2D eigenvalue weighted by Gasteiger charge is 2.42. The van der Waals surface area contributed by atoms with Crippen molar-refractivity contribution in [2.75, 3.05) is 13.1 Å². The maximum absolute atomic E-state index is 12.4. The fourth-order valence-corrected chi connectivity index (χ4v) is 2.81. The van der Waals surface area contributed by atoms with E-state index in [4.69, 9.17) is 16.1 Å². The van der Waals surface area contributed by atoms with Crippen molar-refractivity contribution >= 4 is 23.5 Å². The summed E-state index contributed by atoms with van der Waals surface area (Å²) in [5, 5.41) is 13.7. The van der Waals surface area contributed by atoms with E-state index in [9.17, 15) is 14.7 Å². The largest absolute Gasteiger partial charge is 0.481 e. The van der Waals surface area contributed by atoms with E-state index in [0.29, 0.717) is 23.7 Å². The van der Waals surface area contributed by atoms with E-state index in [1.165, 1.54) is 4.90 Å². The predicted molar refractivity (Wildman–Crippen MR) is 83.2 cm³/mol. The van der Waals surface area contributed by atoms with Gasteiger partial charge in [0.1, 0.15) is 5.69 Å². The average molecular weight is 335 g/mol. The van der Waals surface area contributed by atoms with Crippen molar-refractivity contribution in [1.29, 1.82) is 0 Å². The lowest BCUT2D eigenvalue weighted by Crippen LogP contribution is -2.34. The van der Waals surface area contributed by atoms with Gasteiger partial charge in [0.05, 0.1) is 5.41 Å². The molecule has 7 heteroatoms. The normalized spacial score (nSPS) is 20.7. The summed E-state index contributed by atoms with van der Waals surface area (Å²) in [5.74, 6) is -1.16. The topological polar surface area (TPSA) is 83.6 Å². The van der Waals surface area contributed by atoms with E-state index in [1.54, 1.807) is 31.2 Å². The number of carbonyl (C=O) groups is 2. The summed E-state index contributed by atoms with van der Waals surface area (Å²) in [6.45, 7) is 2.18. The lowest BCUT2D eigenvalue weighted by atomic mass is 9.90. The molecule has 1 amide bonds. The molecule has 2 aromatic rings. The molecule has 1 saturated heterocycles. The zero-order valence-electron chi connectivity index (χ0n) is 12.5. The molecule has 1 N–H and O–H groups in total. The van der Waals surface area contributed by atoms with Crippen LogP contribution in [0.5, 0.6) is 0 Å². The van der Waals surface area contributed by atoms with Crippen LogP contribution in [0, 0.1) is 5.41 Å². The maximum atomic E-state index is 12.4. The van der Waals surface area contributed by atoms with Gasteiger partial charge in [0.25, 0.3) is 5.91 Å². The first-order valence-corrected chi connectivity index (χ1v) is 7.52. The predicted octanol–water partition coefficient (Wildman–Crippen LogP) is 2.93. The Morgan fingerprint density at radius 3 is 2.83 bits per heavy atom. The van der Waals surface area contributed by atoms with Gasteiger partial charge in [-0.2, -0.15) is 0 Å². The molecule has 1 aromatic carbocycles. The average Bonchev–Trinajstić information content (AvgIpc) is 3.14. The Balaban J connectivity index is 1.79. The first kappa shape index (κ1) is 15.6. The summed E-state index contributed by atoms with van der Waals surface area (Å²) < 4.78 is 5.13. The molecule has 23 heavy (non-hydrogen) atoms. The Morgan fingerprint density at radius 2 is 2.17 bits per heavy atom. The Morgan fingerprint density at radius 1 is 1.39 bits per heavy atom. The number of benzene rings is 1. The number of likely N-dealkylation sites (tertiary alicyclic amines) is 1. The Hall–Kier alpha value is -2.34. The molecule has 3 rings (SSSR count). The standard InChI is InChI=1S/C16H15ClN2O4/c1-16(15(21)22)5-6-19(9-16)14(20)13-8-12(18-23-13)10-3-2-4-11(17)7-10/h2-4,7-8H,5-6,9H2,1H3,(H,21,22)/t16-/m0/s1. The number of carboxylic acids is 1. The number of aromatic nitrogens is 1. The molecule has 2 heterocycles. The summed E-state index contributed by atoms with van der Waals surface area (Å²) in [6, 6.07) is 8.62. The SMILES string of the molecule is C[C@]1(C(=O)O)CCN(C(=O)c2cc(-c3cccc(Cl)c3)no2)C1. The fraction of sp³-hybridized carbons (Fsp3) is 0.312. The number of amides is 1. The first-order chi connectivity index (χ1) is 10.9. The van der Waals surface area contributed by atoms with E-state index in [2.05, 4.69) is 5.16 Å². The van der Waals surface area contributed by atoms with Crippen molar-refractivity contribution in [2.24, 2.45) is 5.41 Å². The van der Waals surface area contributed by atoms with Crippen LogP contribution in [-0.4, -0.2) is 40.1 Å². The van der Waals surface area contributed by atoms with E-state index in [1.807, 2.05) is 6.07 Å². The van der Waals surface area contributed by atoms with E-state index < -0.39 is 11.4 Å². The van der Waals surface area contributed by atoms with E-state index in [0.717, 1.165) is 5.56 Å². The van der Waals surface area contributed by atoms with Crippen LogP contribution in [-0.2, 0) is 4.79 Å². The van der Waals surface area contributed by atoms with Crippen LogP contribution >= 0.6 is 11.6 Å². The second-order valence-corrected chi connectivity index (χ2v) is 6.37. The molecule has 1 aromatic heterocycles. The summed E-state index contributed by atoms with van der Waals surface area (Å²) >= 11 is 5.94. The number of rotatable bonds is 3. The lowest BCUT2D eigenvalue weighted by molar-refractivity contribution is -0.147. The van der Waals surface area contributed by atoms with Crippen LogP contribution < -0.4 is 0 Å². The summed E-state index contributed by atoms with van der Waals surface area (Å²) in [4.78, 5) is 25.2. The quantitative estimate of drug-likeness (QED) is 0.933. The number of carbonyl (C=O) groups excluding carboxylic acids is 1. The molecule has 1 aliphatic rings. The van der Waals surface area contributed by atoms with Crippen LogP contribution in [0.2, 0.25) is 5.02 Å². The van der Waals surface area contributed by atoms with Crippen LogP contribution in [0.3, 0.4) is 0 Å². The number of aliphatic carboxylic acids is 1. The molecule has 0 bridgehead atoms. The van der Waals surface area contributed by atoms with Gasteiger partial charge in [0.15, 0.2) is 0 Å². The maximum Gasteiger partial charge on any atom is 0.311 e.